The van der Waals surface area contributed by atoms with Crippen LogP contribution in [0.4, 0.5) is 0 Å². The fraction of sp³-hybridized carbons (Fsp3) is 0.684. The fourth-order valence-electron chi connectivity index (χ4n) is 3.84. The normalized spacial score (nSPS) is 21.2. The number of piperidine rings is 1. The van der Waals surface area contributed by atoms with E-state index in [4.69, 9.17) is 5.10 Å². The molecule has 1 amide bonds. The Morgan fingerprint density at radius 1 is 1.19 bits per heavy atom. The summed E-state index contributed by atoms with van der Waals surface area (Å²) >= 11 is 0. The molecule has 0 aromatic carbocycles. The first-order valence-electron chi connectivity index (χ1n) is 9.58. The Kier molecular flexibility index (Phi) is 4.12. The van der Waals surface area contributed by atoms with Gasteiger partial charge in [-0.2, -0.15) is 5.10 Å². The second-order valence-electron chi connectivity index (χ2n) is 8.70. The zero-order chi connectivity index (χ0) is 18.5. The van der Waals surface area contributed by atoms with E-state index in [9.17, 15) is 4.79 Å². The van der Waals surface area contributed by atoms with Crippen LogP contribution in [0.2, 0.25) is 0 Å². The summed E-state index contributed by atoms with van der Waals surface area (Å²) in [5.41, 5.74) is 1.58. The topological polar surface area (TPSA) is 68.8 Å². The molecule has 2 aromatic heterocycles. The molecule has 1 aliphatic heterocycles. The zero-order valence-electron chi connectivity index (χ0n) is 16.1. The number of rotatable bonds is 3. The van der Waals surface area contributed by atoms with Gasteiger partial charge in [0.2, 0.25) is 0 Å². The summed E-state index contributed by atoms with van der Waals surface area (Å²) in [5, 5.41) is 13.0. The van der Waals surface area contributed by atoms with Gasteiger partial charge in [0.25, 0.3) is 5.91 Å². The third-order valence-corrected chi connectivity index (χ3v) is 5.40. The average Bonchev–Trinajstić information content (AvgIpc) is 3.19. The van der Waals surface area contributed by atoms with Crippen LogP contribution in [0.1, 0.15) is 80.3 Å². The molecule has 4 rings (SSSR count). The van der Waals surface area contributed by atoms with E-state index in [0.29, 0.717) is 12.5 Å². The van der Waals surface area contributed by atoms with Crippen molar-refractivity contribution in [3.05, 3.63) is 29.6 Å². The highest BCUT2D eigenvalue weighted by Gasteiger charge is 2.34. The maximum absolute atomic E-state index is 13.3. The molecular formula is C19H28N6O. The van der Waals surface area contributed by atoms with Crippen molar-refractivity contribution in [1.82, 2.24) is 29.4 Å². The molecule has 1 atom stereocenters. The van der Waals surface area contributed by atoms with Crippen LogP contribution >= 0.6 is 0 Å². The third-order valence-electron chi connectivity index (χ3n) is 5.40. The molecule has 1 saturated heterocycles. The van der Waals surface area contributed by atoms with Crippen LogP contribution in [0.5, 0.6) is 0 Å². The molecule has 1 saturated carbocycles. The van der Waals surface area contributed by atoms with Gasteiger partial charge in [-0.1, -0.05) is 0 Å². The second-order valence-corrected chi connectivity index (χ2v) is 8.70. The van der Waals surface area contributed by atoms with Gasteiger partial charge in [0, 0.05) is 32.0 Å². The molecule has 1 unspecified atom stereocenters. The molecule has 2 aliphatic rings. The van der Waals surface area contributed by atoms with Gasteiger partial charge in [-0.15, -0.1) is 10.2 Å². The van der Waals surface area contributed by atoms with E-state index in [2.05, 4.69) is 31.0 Å². The largest absolute Gasteiger partial charge is 0.337 e. The average molecular weight is 356 g/mol. The quantitative estimate of drug-likeness (QED) is 0.848. The van der Waals surface area contributed by atoms with E-state index in [0.717, 1.165) is 36.6 Å². The van der Waals surface area contributed by atoms with Gasteiger partial charge in [0.05, 0.1) is 11.2 Å². The first-order chi connectivity index (χ1) is 12.3. The van der Waals surface area contributed by atoms with Crippen LogP contribution in [0, 0.1) is 0 Å². The predicted octanol–water partition coefficient (Wildman–Crippen LogP) is 2.66. The SMILES string of the molecule is Cn1cnnc1C1CCCN(C(=O)c2cc(C3CC3)nn2C(C)(C)C)C1. The minimum Gasteiger partial charge on any atom is -0.337 e. The van der Waals surface area contributed by atoms with Gasteiger partial charge in [-0.25, -0.2) is 0 Å². The fourth-order valence-corrected chi connectivity index (χ4v) is 3.84. The number of nitrogens with zero attached hydrogens (tertiary/aromatic N) is 6. The Balaban J connectivity index is 1.60. The maximum atomic E-state index is 13.3. The molecule has 140 valence electrons. The number of carbonyl (C=O) groups excluding carboxylic acids is 1. The zero-order valence-corrected chi connectivity index (χ0v) is 16.1. The van der Waals surface area contributed by atoms with Crippen molar-refractivity contribution >= 4 is 5.91 Å². The Morgan fingerprint density at radius 2 is 1.96 bits per heavy atom. The lowest BCUT2D eigenvalue weighted by molar-refractivity contribution is 0.0682. The summed E-state index contributed by atoms with van der Waals surface area (Å²) in [6.45, 7) is 7.80. The number of aryl methyl sites for hydroxylation is 1. The van der Waals surface area contributed by atoms with E-state index in [-0.39, 0.29) is 17.4 Å². The van der Waals surface area contributed by atoms with Crippen LogP contribution in [0.15, 0.2) is 12.4 Å². The Bertz CT molecular complexity index is 810. The van der Waals surface area contributed by atoms with Crippen molar-refractivity contribution in [3.63, 3.8) is 0 Å². The summed E-state index contributed by atoms with van der Waals surface area (Å²) < 4.78 is 3.89. The highest BCUT2D eigenvalue weighted by Crippen LogP contribution is 2.40. The Hall–Kier alpha value is -2.18. The van der Waals surface area contributed by atoms with Crippen LogP contribution in [-0.4, -0.2) is 48.4 Å². The number of aromatic nitrogens is 5. The number of carbonyl (C=O) groups is 1. The Morgan fingerprint density at radius 3 is 2.58 bits per heavy atom. The van der Waals surface area contributed by atoms with Gasteiger partial charge in [0.15, 0.2) is 0 Å². The van der Waals surface area contributed by atoms with Crippen LogP contribution < -0.4 is 0 Å². The van der Waals surface area contributed by atoms with E-state index in [1.165, 1.54) is 12.8 Å². The first kappa shape index (κ1) is 17.2. The molecule has 7 heteroatoms. The molecule has 1 aliphatic carbocycles. The van der Waals surface area contributed by atoms with Gasteiger partial charge in [-0.05, 0) is 52.5 Å². The lowest BCUT2D eigenvalue weighted by Gasteiger charge is -2.33. The first-order valence-corrected chi connectivity index (χ1v) is 9.58. The van der Waals surface area contributed by atoms with Gasteiger partial charge in [0.1, 0.15) is 17.8 Å². The van der Waals surface area contributed by atoms with E-state index in [1.807, 2.05) is 27.3 Å². The predicted molar refractivity (Wildman–Crippen MR) is 98.1 cm³/mol. The second kappa shape index (κ2) is 6.21. The van der Waals surface area contributed by atoms with Crippen molar-refractivity contribution in [2.75, 3.05) is 13.1 Å². The van der Waals surface area contributed by atoms with Gasteiger partial charge in [-0.3, -0.25) is 9.48 Å². The molecule has 0 spiro atoms. The van der Waals surface area contributed by atoms with Crippen molar-refractivity contribution < 1.29 is 4.79 Å². The molecule has 7 nitrogen and oxygen atoms in total. The van der Waals surface area contributed by atoms with Crippen LogP contribution in [-0.2, 0) is 12.6 Å². The maximum Gasteiger partial charge on any atom is 0.272 e. The minimum atomic E-state index is -0.211. The standard InChI is InChI=1S/C19H28N6O/c1-19(2,3)25-16(10-15(22-25)13-7-8-13)18(26)24-9-5-6-14(11-24)17-21-20-12-23(17)4/h10,12-14H,5-9,11H2,1-4H3. The van der Waals surface area contributed by atoms with Crippen molar-refractivity contribution in [1.29, 1.82) is 0 Å². The van der Waals surface area contributed by atoms with Crippen molar-refractivity contribution in [2.45, 2.75) is 63.8 Å². The van der Waals surface area contributed by atoms with Crippen LogP contribution in [0.25, 0.3) is 0 Å². The number of hydrogen-bond acceptors (Lipinski definition) is 4. The number of hydrogen-bond donors (Lipinski definition) is 0. The van der Waals surface area contributed by atoms with Gasteiger partial charge < -0.3 is 9.47 Å². The summed E-state index contributed by atoms with van der Waals surface area (Å²) in [6.07, 6.45) is 6.14. The summed E-state index contributed by atoms with van der Waals surface area (Å²) in [6, 6.07) is 2.02. The van der Waals surface area contributed by atoms with Crippen molar-refractivity contribution in [2.24, 2.45) is 7.05 Å². The lowest BCUT2D eigenvalue weighted by Crippen LogP contribution is -2.41. The molecule has 2 aromatic rings. The lowest BCUT2D eigenvalue weighted by atomic mass is 9.96. The molecule has 26 heavy (non-hydrogen) atoms. The molecule has 0 N–H and O–H groups in total. The minimum absolute atomic E-state index is 0.0891. The van der Waals surface area contributed by atoms with Crippen molar-refractivity contribution in [3.8, 4) is 0 Å². The number of amides is 1. The molecule has 2 fully saturated rings. The summed E-state index contributed by atoms with van der Waals surface area (Å²) in [4.78, 5) is 15.3. The molecule has 0 bridgehead atoms. The van der Waals surface area contributed by atoms with E-state index in [1.54, 1.807) is 6.33 Å². The monoisotopic (exact) mass is 356 g/mol. The molecular weight excluding hydrogens is 328 g/mol. The third kappa shape index (κ3) is 3.15. The summed E-state index contributed by atoms with van der Waals surface area (Å²) in [5.74, 6) is 1.84. The smallest absolute Gasteiger partial charge is 0.272 e. The van der Waals surface area contributed by atoms with Gasteiger partial charge >= 0.3 is 0 Å². The van der Waals surface area contributed by atoms with E-state index < -0.39 is 0 Å². The molecule has 3 heterocycles. The van der Waals surface area contributed by atoms with Crippen LogP contribution in [0.3, 0.4) is 0 Å². The highest BCUT2D eigenvalue weighted by atomic mass is 16.2. The number of likely N-dealkylation sites (tertiary alicyclic amines) is 1. The summed E-state index contributed by atoms with van der Waals surface area (Å²) in [7, 11) is 1.96. The Labute approximate surface area is 154 Å². The highest BCUT2D eigenvalue weighted by molar-refractivity contribution is 5.93. The van der Waals surface area contributed by atoms with E-state index >= 15 is 0 Å². The molecule has 0 radical (unpaired) electrons.